The van der Waals surface area contributed by atoms with Gasteiger partial charge in [-0.05, 0) is 12.5 Å². The van der Waals surface area contributed by atoms with Gasteiger partial charge in [-0.3, -0.25) is 0 Å². The average Bonchev–Trinajstić information content (AvgIpc) is 1.46. The molecule has 0 N–H and O–H groups in total. The van der Waals surface area contributed by atoms with Crippen LogP contribution >= 0.6 is 11.8 Å². The molecule has 0 radical (unpaired) electrons. The molecule has 0 unspecified atom stereocenters. The minimum Gasteiger partial charge on any atom is -1.00 e. The number of hydrogen-bond acceptors (Lipinski definition) is 1. The molecule has 5 heteroatoms. The van der Waals surface area contributed by atoms with E-state index in [-0.39, 0.29) is 74.1 Å². The summed E-state index contributed by atoms with van der Waals surface area (Å²) in [6.45, 7) is 5.00. The van der Waals surface area contributed by atoms with Crippen LogP contribution < -0.4 is 34.0 Å². The molecular weight excluding hydrogens is 328 g/mol. The first-order valence-corrected chi connectivity index (χ1v) is 3.16. The summed E-state index contributed by atoms with van der Waals surface area (Å²) in [5.74, 6) is 0. The molecule has 0 aromatic carbocycles. The fourth-order valence-corrected chi connectivity index (χ4v) is 0. The zero-order valence-corrected chi connectivity index (χ0v) is 12.2. The fraction of sp³-hybridized carbons (Fsp3) is 0.750. The van der Waals surface area contributed by atoms with Gasteiger partial charge >= 0.3 is 40.1 Å². The number of rotatable bonds is 0. The standard InChI is InChI=1S/C2H6S.C2H5.2BrH.Cu.Mg/c1-3-2;1-2;;;;/h1-2H3;1H2,2H3;2*1H;;/q;-1;;;+1;+2/p-2. The molecule has 9 heavy (non-hydrogen) atoms. The van der Waals surface area contributed by atoms with Crippen LogP contribution in [0.1, 0.15) is 6.92 Å². The van der Waals surface area contributed by atoms with Crippen molar-refractivity contribution in [2.75, 3.05) is 12.5 Å². The molecule has 0 aliphatic carbocycles. The van der Waals surface area contributed by atoms with Crippen LogP contribution in [0, 0.1) is 6.92 Å². The monoisotopic (exact) mass is 336 g/mol. The van der Waals surface area contributed by atoms with E-state index in [1.807, 2.05) is 12.5 Å². The molecule has 0 nitrogen and oxygen atoms in total. The third-order valence-electron chi connectivity index (χ3n) is 0. The molecule has 0 atom stereocenters. The van der Waals surface area contributed by atoms with Crippen molar-refractivity contribution in [3.8, 4) is 0 Å². The van der Waals surface area contributed by atoms with E-state index in [0.717, 1.165) is 0 Å². The molecule has 0 heterocycles. The first-order chi connectivity index (χ1) is 2.41. The van der Waals surface area contributed by atoms with Crippen molar-refractivity contribution in [1.82, 2.24) is 0 Å². The maximum Gasteiger partial charge on any atom is 2.00 e. The van der Waals surface area contributed by atoms with Crippen LogP contribution in [0.3, 0.4) is 0 Å². The second-order valence-corrected chi connectivity index (χ2v) is 1.22. The smallest absolute Gasteiger partial charge is 1.00 e. The van der Waals surface area contributed by atoms with Gasteiger partial charge in [0.15, 0.2) is 0 Å². The predicted octanol–water partition coefficient (Wildman–Crippen LogP) is -4.56. The molecule has 0 aliphatic heterocycles. The van der Waals surface area contributed by atoms with Crippen LogP contribution in [-0.2, 0) is 17.1 Å². The van der Waals surface area contributed by atoms with Crippen molar-refractivity contribution < 1.29 is 51.0 Å². The van der Waals surface area contributed by atoms with E-state index >= 15 is 0 Å². The maximum absolute atomic E-state index is 3.25. The van der Waals surface area contributed by atoms with Crippen molar-refractivity contribution in [1.29, 1.82) is 0 Å². The molecule has 0 spiro atoms. The Bertz CT molecular complexity index is 18.5. The van der Waals surface area contributed by atoms with E-state index < -0.39 is 0 Å². The fourth-order valence-electron chi connectivity index (χ4n) is 0. The van der Waals surface area contributed by atoms with Gasteiger partial charge in [0.05, 0.1) is 0 Å². The van der Waals surface area contributed by atoms with Gasteiger partial charge in [0.2, 0.25) is 0 Å². The van der Waals surface area contributed by atoms with Gasteiger partial charge in [-0.25, -0.2) is 0 Å². The maximum atomic E-state index is 3.25. The Balaban J connectivity index is -0.00000000357. The van der Waals surface area contributed by atoms with Crippen molar-refractivity contribution in [2.45, 2.75) is 6.92 Å². The summed E-state index contributed by atoms with van der Waals surface area (Å²) in [5.41, 5.74) is 0. The molecule has 0 aliphatic rings. The van der Waals surface area contributed by atoms with Crippen molar-refractivity contribution in [2.24, 2.45) is 0 Å². The molecule has 0 aromatic rings. The van der Waals surface area contributed by atoms with E-state index in [4.69, 9.17) is 0 Å². The Hall–Kier alpha value is 2.60. The summed E-state index contributed by atoms with van der Waals surface area (Å²) in [7, 11) is 0. The normalized spacial score (nSPS) is 2.67. The SMILES string of the molecule is CSC.[Br-].[Br-].[CH2-]C.[Cu+].[Mg+2]. The molecule has 0 aromatic heterocycles. The summed E-state index contributed by atoms with van der Waals surface area (Å²) in [6.07, 6.45) is 4.08. The number of halogens is 2. The van der Waals surface area contributed by atoms with Crippen LogP contribution in [0.4, 0.5) is 0 Å². The van der Waals surface area contributed by atoms with Gasteiger partial charge in [0.25, 0.3) is 0 Å². The number of hydrogen-bond donors (Lipinski definition) is 0. The molecule has 0 rings (SSSR count). The van der Waals surface area contributed by atoms with E-state index in [1.54, 1.807) is 18.7 Å². The summed E-state index contributed by atoms with van der Waals surface area (Å²) >= 11 is 1.75. The molecule has 0 amide bonds. The van der Waals surface area contributed by atoms with Crippen LogP contribution in [0.25, 0.3) is 0 Å². The van der Waals surface area contributed by atoms with Gasteiger partial charge in [-0.2, -0.15) is 18.7 Å². The van der Waals surface area contributed by atoms with Crippen LogP contribution in [-0.4, -0.2) is 35.6 Å². The largest absolute Gasteiger partial charge is 2.00 e. The molecule has 0 bridgehead atoms. The van der Waals surface area contributed by atoms with Crippen LogP contribution in [0.15, 0.2) is 0 Å². The zero-order valence-electron chi connectivity index (χ0n) is 5.88. The van der Waals surface area contributed by atoms with Crippen molar-refractivity contribution in [3.05, 3.63) is 6.92 Å². The van der Waals surface area contributed by atoms with Gasteiger partial charge in [-0.1, -0.05) is 0 Å². The first kappa shape index (κ1) is 41.6. The Morgan fingerprint density at radius 3 is 1.00 bits per heavy atom. The predicted molar refractivity (Wildman–Crippen MR) is 36.2 cm³/mol. The first-order valence-electron chi connectivity index (χ1n) is 1.52. The molecule has 0 fully saturated rings. The Labute approximate surface area is 111 Å². The van der Waals surface area contributed by atoms with Crippen molar-refractivity contribution in [3.63, 3.8) is 0 Å². The Kier molecular flexibility index (Phi) is 349. The second-order valence-electron chi connectivity index (χ2n) is 0.408. The van der Waals surface area contributed by atoms with Gasteiger partial charge in [0, 0.05) is 0 Å². The van der Waals surface area contributed by atoms with E-state index in [0.29, 0.717) is 0 Å². The van der Waals surface area contributed by atoms with Gasteiger partial charge < -0.3 is 40.9 Å². The summed E-state index contributed by atoms with van der Waals surface area (Å²) in [4.78, 5) is 0. The van der Waals surface area contributed by atoms with Crippen molar-refractivity contribution >= 4 is 34.8 Å². The summed E-state index contributed by atoms with van der Waals surface area (Å²) in [5, 5.41) is 0. The van der Waals surface area contributed by atoms with E-state index in [2.05, 4.69) is 6.92 Å². The third kappa shape index (κ3) is 116. The van der Waals surface area contributed by atoms with E-state index in [9.17, 15) is 0 Å². The van der Waals surface area contributed by atoms with Crippen LogP contribution in [0.2, 0.25) is 0 Å². The topological polar surface area (TPSA) is 0 Å². The Morgan fingerprint density at radius 2 is 1.00 bits per heavy atom. The van der Waals surface area contributed by atoms with E-state index in [1.165, 1.54) is 0 Å². The quantitative estimate of drug-likeness (QED) is 0.317. The second kappa shape index (κ2) is 75.5. The molecule has 0 saturated carbocycles. The average molecular weight is 339 g/mol. The summed E-state index contributed by atoms with van der Waals surface area (Å²) < 4.78 is 0. The molecular formula is C4H11Br2CuMgS. The summed E-state index contributed by atoms with van der Waals surface area (Å²) in [6, 6.07) is 0. The zero-order chi connectivity index (χ0) is 4.71. The molecule has 0 saturated heterocycles. The third-order valence-corrected chi connectivity index (χ3v) is 0. The van der Waals surface area contributed by atoms with Gasteiger partial charge in [0.1, 0.15) is 0 Å². The van der Waals surface area contributed by atoms with Gasteiger partial charge in [-0.15, -0.1) is 0 Å². The minimum atomic E-state index is 0. The minimum absolute atomic E-state index is 0. The van der Waals surface area contributed by atoms with Crippen LogP contribution in [0.5, 0.6) is 0 Å². The molecule has 60 valence electrons. The Morgan fingerprint density at radius 1 is 1.00 bits per heavy atom. The number of thioether (sulfide) groups is 1.